The van der Waals surface area contributed by atoms with Gasteiger partial charge in [0.25, 0.3) is 0 Å². The lowest BCUT2D eigenvalue weighted by Crippen LogP contribution is -2.08. The fraction of sp³-hybridized carbons (Fsp3) is 0.176. The van der Waals surface area contributed by atoms with Crippen LogP contribution in [0.5, 0.6) is 0 Å². The molecule has 0 atom stereocenters. The molecule has 0 unspecified atom stereocenters. The zero-order chi connectivity index (χ0) is 26.0. The Labute approximate surface area is 221 Å². The lowest BCUT2D eigenvalue weighted by atomic mass is 9.92. The molecule has 0 aliphatic rings. The second-order valence-corrected chi connectivity index (χ2v) is 10.7. The number of hydrogen-bond donors (Lipinski definition) is 0. The van der Waals surface area contributed by atoms with Crippen LogP contribution < -0.4 is 0 Å². The van der Waals surface area contributed by atoms with Crippen molar-refractivity contribution < 1.29 is 4.42 Å². The Morgan fingerprint density at radius 1 is 0.684 bits per heavy atom. The largest absolute Gasteiger partial charge is 0.455 e. The molecule has 38 heavy (non-hydrogen) atoms. The fourth-order valence-corrected chi connectivity index (χ4v) is 5.80. The monoisotopic (exact) mass is 495 g/mol. The van der Waals surface area contributed by atoms with Gasteiger partial charge in [-0.25, -0.2) is 4.98 Å². The molecule has 0 saturated carbocycles. The van der Waals surface area contributed by atoms with E-state index in [0.29, 0.717) is 11.8 Å². The predicted octanol–water partition coefficient (Wildman–Crippen LogP) is 9.39. The van der Waals surface area contributed by atoms with Crippen molar-refractivity contribution in [2.24, 2.45) is 0 Å². The van der Waals surface area contributed by atoms with Crippen LogP contribution in [0.1, 0.15) is 50.7 Å². The molecule has 0 saturated heterocycles. The molecule has 4 aromatic carbocycles. The van der Waals surface area contributed by atoms with Gasteiger partial charge in [0.15, 0.2) is 0 Å². The number of fused-ring (bicyclic) bond motifs is 6. The quantitative estimate of drug-likeness (QED) is 0.244. The van der Waals surface area contributed by atoms with Gasteiger partial charge < -0.3 is 4.42 Å². The van der Waals surface area contributed by atoms with Gasteiger partial charge in [-0.15, -0.1) is 0 Å². The number of benzene rings is 4. The highest BCUT2D eigenvalue weighted by Gasteiger charge is 2.24. The number of hydrogen-bond acceptors (Lipinski definition) is 3. The normalized spacial score (nSPS) is 12.2. The molecule has 7 aromatic rings. The number of furan rings is 1. The second-order valence-electron chi connectivity index (χ2n) is 10.7. The second kappa shape index (κ2) is 8.56. The molecular formula is C34H29N3O. The first-order valence-electron chi connectivity index (χ1n) is 13.3. The van der Waals surface area contributed by atoms with Gasteiger partial charge in [0.05, 0.1) is 22.3 Å². The summed E-state index contributed by atoms with van der Waals surface area (Å²) in [6, 6.07) is 27.8. The van der Waals surface area contributed by atoms with Crippen LogP contribution in [-0.4, -0.2) is 14.5 Å². The molecule has 0 N–H and O–H groups in total. The minimum Gasteiger partial charge on any atom is -0.455 e. The molecule has 0 amide bonds. The van der Waals surface area contributed by atoms with Crippen LogP contribution in [0, 0.1) is 0 Å². The fourth-order valence-electron chi connectivity index (χ4n) is 5.80. The molecule has 0 fully saturated rings. The summed E-state index contributed by atoms with van der Waals surface area (Å²) in [5.74, 6) is 1.62. The molecule has 0 bridgehead atoms. The standard InChI is InChI=1S/C34H29N3O/c1-20(2)23-9-7-10-24(21(3)4)31(23)37-30-14-6-5-13-29(30)36-34(37)28-12-8-11-26-27-16-15-22-19-35-18-17-25(22)32(27)38-33(26)28/h5-21H,1-4H3. The highest BCUT2D eigenvalue weighted by atomic mass is 16.3. The van der Waals surface area contributed by atoms with Crippen LogP contribution >= 0.6 is 0 Å². The van der Waals surface area contributed by atoms with E-state index < -0.39 is 0 Å². The van der Waals surface area contributed by atoms with Gasteiger partial charge in [0, 0.05) is 33.9 Å². The summed E-state index contributed by atoms with van der Waals surface area (Å²) in [6.07, 6.45) is 3.71. The van der Waals surface area contributed by atoms with E-state index in [4.69, 9.17) is 9.40 Å². The summed E-state index contributed by atoms with van der Waals surface area (Å²) < 4.78 is 9.08. The first-order valence-corrected chi connectivity index (χ1v) is 13.3. The molecule has 186 valence electrons. The molecule has 0 spiro atoms. The summed E-state index contributed by atoms with van der Waals surface area (Å²) in [6.45, 7) is 9.06. The maximum atomic E-state index is 6.71. The Morgan fingerprint density at radius 3 is 2.21 bits per heavy atom. The van der Waals surface area contributed by atoms with Crippen LogP contribution in [0.3, 0.4) is 0 Å². The summed E-state index contributed by atoms with van der Waals surface area (Å²) >= 11 is 0. The van der Waals surface area contributed by atoms with Crippen LogP contribution in [0.2, 0.25) is 0 Å². The SMILES string of the molecule is CC(C)c1cccc(C(C)C)c1-n1c(-c2cccc3c2oc2c4ccncc4ccc32)nc2ccccc21. The number of rotatable bonds is 4. The molecule has 4 heteroatoms. The van der Waals surface area contributed by atoms with E-state index in [2.05, 4.69) is 110 Å². The van der Waals surface area contributed by atoms with Crippen molar-refractivity contribution in [3.8, 4) is 17.1 Å². The van der Waals surface area contributed by atoms with Gasteiger partial charge in [0.1, 0.15) is 17.0 Å². The number of pyridine rings is 1. The molecule has 0 aliphatic carbocycles. The number of imidazole rings is 1. The van der Waals surface area contributed by atoms with Crippen LogP contribution in [-0.2, 0) is 0 Å². The Kier molecular flexibility index (Phi) is 5.12. The third-order valence-corrected chi connectivity index (χ3v) is 7.65. The smallest absolute Gasteiger partial charge is 0.149 e. The highest BCUT2D eigenvalue weighted by molar-refractivity contribution is 6.17. The van der Waals surface area contributed by atoms with Crippen molar-refractivity contribution in [3.63, 3.8) is 0 Å². The highest BCUT2D eigenvalue weighted by Crippen LogP contribution is 2.42. The molecule has 0 aliphatic heterocycles. The van der Waals surface area contributed by atoms with E-state index in [-0.39, 0.29) is 0 Å². The summed E-state index contributed by atoms with van der Waals surface area (Å²) in [5.41, 5.74) is 8.67. The Bertz CT molecular complexity index is 1960. The van der Waals surface area contributed by atoms with Gasteiger partial charge in [-0.1, -0.05) is 76.2 Å². The average molecular weight is 496 g/mol. The third kappa shape index (κ3) is 3.30. The van der Waals surface area contributed by atoms with Crippen molar-refractivity contribution in [1.29, 1.82) is 0 Å². The van der Waals surface area contributed by atoms with Crippen molar-refractivity contribution in [3.05, 3.63) is 102 Å². The maximum Gasteiger partial charge on any atom is 0.149 e. The zero-order valence-corrected chi connectivity index (χ0v) is 22.1. The molecule has 4 nitrogen and oxygen atoms in total. The molecule has 3 heterocycles. The lowest BCUT2D eigenvalue weighted by molar-refractivity contribution is 0.673. The number of aromatic nitrogens is 3. The van der Waals surface area contributed by atoms with Crippen LogP contribution in [0.15, 0.2) is 95.7 Å². The number of nitrogens with zero attached hydrogens (tertiary/aromatic N) is 3. The van der Waals surface area contributed by atoms with Crippen LogP contribution in [0.4, 0.5) is 0 Å². The van der Waals surface area contributed by atoms with Crippen LogP contribution in [0.25, 0.3) is 60.8 Å². The minimum absolute atomic E-state index is 0.361. The summed E-state index contributed by atoms with van der Waals surface area (Å²) in [7, 11) is 0. The zero-order valence-electron chi connectivity index (χ0n) is 22.1. The van der Waals surface area contributed by atoms with E-state index in [9.17, 15) is 0 Å². The maximum absolute atomic E-state index is 6.71. The van der Waals surface area contributed by atoms with E-state index >= 15 is 0 Å². The van der Waals surface area contributed by atoms with Gasteiger partial charge in [-0.2, -0.15) is 0 Å². The van der Waals surface area contributed by atoms with Gasteiger partial charge >= 0.3 is 0 Å². The van der Waals surface area contributed by atoms with Crippen molar-refractivity contribution in [2.75, 3.05) is 0 Å². The Morgan fingerprint density at radius 2 is 1.42 bits per heavy atom. The van der Waals surface area contributed by atoms with Crippen molar-refractivity contribution >= 4 is 43.7 Å². The Balaban J connectivity index is 1.62. The number of para-hydroxylation sites is 4. The van der Waals surface area contributed by atoms with Crippen molar-refractivity contribution in [1.82, 2.24) is 14.5 Å². The first-order chi connectivity index (χ1) is 18.5. The Hall–Kier alpha value is -4.44. The summed E-state index contributed by atoms with van der Waals surface area (Å²) in [5, 5.41) is 4.34. The molecule has 0 radical (unpaired) electrons. The average Bonchev–Trinajstić information content (AvgIpc) is 3.51. The van der Waals surface area contributed by atoms with Crippen molar-refractivity contribution in [2.45, 2.75) is 39.5 Å². The third-order valence-electron chi connectivity index (χ3n) is 7.65. The van der Waals surface area contributed by atoms with Gasteiger partial charge in [-0.3, -0.25) is 9.55 Å². The topological polar surface area (TPSA) is 43.9 Å². The van der Waals surface area contributed by atoms with E-state index in [1.807, 2.05) is 18.5 Å². The van der Waals surface area contributed by atoms with E-state index in [0.717, 1.165) is 55.1 Å². The van der Waals surface area contributed by atoms with E-state index in [1.165, 1.54) is 16.8 Å². The molecule has 7 rings (SSSR count). The van der Waals surface area contributed by atoms with Gasteiger partial charge in [-0.05, 0) is 53.3 Å². The van der Waals surface area contributed by atoms with Gasteiger partial charge in [0.2, 0.25) is 0 Å². The molecule has 3 aromatic heterocycles. The lowest BCUT2D eigenvalue weighted by Gasteiger charge is -2.22. The molecular weight excluding hydrogens is 466 g/mol. The predicted molar refractivity (Wildman–Crippen MR) is 157 cm³/mol. The first kappa shape index (κ1) is 22.7. The summed E-state index contributed by atoms with van der Waals surface area (Å²) in [4.78, 5) is 9.53. The van der Waals surface area contributed by atoms with E-state index in [1.54, 1.807) is 0 Å². The minimum atomic E-state index is 0.361.